The first-order valence-electron chi connectivity index (χ1n) is 7.03. The molecule has 0 spiro atoms. The number of nitrogens with zero attached hydrogens (tertiary/aromatic N) is 2. The van der Waals surface area contributed by atoms with Crippen LogP contribution in [-0.2, 0) is 6.42 Å². The Labute approximate surface area is 110 Å². The van der Waals surface area contributed by atoms with Crippen LogP contribution in [0.3, 0.4) is 0 Å². The molecule has 1 fully saturated rings. The lowest BCUT2D eigenvalue weighted by Gasteiger charge is -2.28. The van der Waals surface area contributed by atoms with Crippen LogP contribution in [0.15, 0.2) is 18.3 Å². The van der Waals surface area contributed by atoms with E-state index >= 15 is 0 Å². The second kappa shape index (κ2) is 5.70. The van der Waals surface area contributed by atoms with Crippen LogP contribution in [0.2, 0.25) is 0 Å². The van der Waals surface area contributed by atoms with Crippen LogP contribution < -0.4 is 10.6 Å². The first-order chi connectivity index (χ1) is 8.56. The maximum Gasteiger partial charge on any atom is 0.128 e. The van der Waals surface area contributed by atoms with Gasteiger partial charge in [-0.05, 0) is 57.6 Å². The van der Waals surface area contributed by atoms with Crippen molar-refractivity contribution in [1.82, 2.24) is 4.98 Å². The molecule has 3 nitrogen and oxygen atoms in total. The third-order valence-electron chi connectivity index (χ3n) is 3.44. The average molecular weight is 247 g/mol. The van der Waals surface area contributed by atoms with Gasteiger partial charge >= 0.3 is 0 Å². The fourth-order valence-corrected chi connectivity index (χ4v) is 2.23. The Kier molecular flexibility index (Phi) is 4.23. The van der Waals surface area contributed by atoms with Crippen LogP contribution in [0.1, 0.15) is 39.2 Å². The Hall–Kier alpha value is -1.09. The standard InChI is InChI=1S/C15H25N3/c1-11(2)18(10-13-4-5-13)15-7-6-14(9-17-15)8-12(3)16/h6-7,9,11-13H,4-5,8,10,16H2,1-3H3. The minimum atomic E-state index is 0.199. The average Bonchev–Trinajstić information content (AvgIpc) is 3.10. The van der Waals surface area contributed by atoms with Gasteiger partial charge in [0.05, 0.1) is 0 Å². The van der Waals surface area contributed by atoms with E-state index in [2.05, 4.69) is 35.9 Å². The van der Waals surface area contributed by atoms with Gasteiger partial charge in [-0.15, -0.1) is 0 Å². The number of rotatable bonds is 6. The van der Waals surface area contributed by atoms with Crippen molar-refractivity contribution in [2.75, 3.05) is 11.4 Å². The zero-order chi connectivity index (χ0) is 13.1. The number of pyridine rings is 1. The van der Waals surface area contributed by atoms with E-state index in [1.807, 2.05) is 13.1 Å². The van der Waals surface area contributed by atoms with Gasteiger partial charge in [-0.1, -0.05) is 6.07 Å². The van der Waals surface area contributed by atoms with E-state index in [0.717, 1.165) is 24.7 Å². The summed E-state index contributed by atoms with van der Waals surface area (Å²) in [6.07, 6.45) is 5.64. The van der Waals surface area contributed by atoms with Crippen molar-refractivity contribution in [1.29, 1.82) is 0 Å². The van der Waals surface area contributed by atoms with Crippen LogP contribution in [0.4, 0.5) is 5.82 Å². The van der Waals surface area contributed by atoms with Gasteiger partial charge in [0.15, 0.2) is 0 Å². The topological polar surface area (TPSA) is 42.1 Å². The number of aromatic nitrogens is 1. The van der Waals surface area contributed by atoms with Gasteiger partial charge in [0.25, 0.3) is 0 Å². The Morgan fingerprint density at radius 3 is 2.50 bits per heavy atom. The first kappa shape index (κ1) is 13.3. The van der Waals surface area contributed by atoms with Crippen molar-refractivity contribution in [2.24, 2.45) is 11.7 Å². The van der Waals surface area contributed by atoms with Gasteiger partial charge < -0.3 is 10.6 Å². The predicted octanol–water partition coefficient (Wildman–Crippen LogP) is 2.60. The molecule has 0 amide bonds. The fourth-order valence-electron chi connectivity index (χ4n) is 2.23. The fraction of sp³-hybridized carbons (Fsp3) is 0.667. The van der Waals surface area contributed by atoms with Gasteiger partial charge in [0.1, 0.15) is 5.82 Å². The van der Waals surface area contributed by atoms with Crippen molar-refractivity contribution in [2.45, 2.75) is 52.1 Å². The van der Waals surface area contributed by atoms with E-state index < -0.39 is 0 Å². The number of hydrogen-bond acceptors (Lipinski definition) is 3. The molecule has 100 valence electrons. The van der Waals surface area contributed by atoms with Crippen LogP contribution in [0, 0.1) is 5.92 Å². The molecule has 1 aromatic rings. The summed E-state index contributed by atoms with van der Waals surface area (Å²) in [6.45, 7) is 7.65. The third kappa shape index (κ3) is 3.70. The highest BCUT2D eigenvalue weighted by molar-refractivity contribution is 5.40. The van der Waals surface area contributed by atoms with E-state index in [9.17, 15) is 0 Å². The molecule has 1 heterocycles. The van der Waals surface area contributed by atoms with Crippen LogP contribution in [0.25, 0.3) is 0 Å². The summed E-state index contributed by atoms with van der Waals surface area (Å²) in [6, 6.07) is 5.01. The van der Waals surface area contributed by atoms with Crippen molar-refractivity contribution in [3.05, 3.63) is 23.9 Å². The summed E-state index contributed by atoms with van der Waals surface area (Å²) >= 11 is 0. The molecule has 1 saturated carbocycles. The highest BCUT2D eigenvalue weighted by atomic mass is 15.2. The molecule has 0 bridgehead atoms. The summed E-state index contributed by atoms with van der Waals surface area (Å²) in [7, 11) is 0. The van der Waals surface area contributed by atoms with Gasteiger partial charge in [0, 0.05) is 24.8 Å². The zero-order valence-electron chi connectivity index (χ0n) is 11.8. The maximum absolute atomic E-state index is 5.81. The van der Waals surface area contributed by atoms with E-state index in [1.54, 1.807) is 0 Å². The van der Waals surface area contributed by atoms with Gasteiger partial charge in [-0.3, -0.25) is 0 Å². The van der Waals surface area contributed by atoms with Crippen molar-refractivity contribution >= 4 is 5.82 Å². The van der Waals surface area contributed by atoms with Crippen LogP contribution >= 0.6 is 0 Å². The van der Waals surface area contributed by atoms with E-state index in [4.69, 9.17) is 5.73 Å². The molecule has 1 atom stereocenters. The predicted molar refractivity (Wildman–Crippen MR) is 76.8 cm³/mol. The third-order valence-corrected chi connectivity index (χ3v) is 3.44. The molecule has 1 aliphatic carbocycles. The number of hydrogen-bond donors (Lipinski definition) is 1. The lowest BCUT2D eigenvalue weighted by Crippen LogP contribution is -2.33. The normalized spacial score (nSPS) is 16.9. The Morgan fingerprint density at radius 1 is 1.33 bits per heavy atom. The molecule has 2 rings (SSSR count). The molecule has 3 heteroatoms. The van der Waals surface area contributed by atoms with Crippen LogP contribution in [0.5, 0.6) is 0 Å². The van der Waals surface area contributed by atoms with Crippen molar-refractivity contribution < 1.29 is 0 Å². The lowest BCUT2D eigenvalue weighted by atomic mass is 10.1. The van der Waals surface area contributed by atoms with Gasteiger partial charge in [-0.25, -0.2) is 4.98 Å². The molecule has 2 N–H and O–H groups in total. The highest BCUT2D eigenvalue weighted by Crippen LogP contribution is 2.31. The Balaban J connectivity index is 2.05. The quantitative estimate of drug-likeness (QED) is 0.840. The molecular weight excluding hydrogens is 222 g/mol. The SMILES string of the molecule is CC(N)Cc1ccc(N(CC2CC2)C(C)C)nc1. The zero-order valence-corrected chi connectivity index (χ0v) is 11.8. The molecule has 0 radical (unpaired) electrons. The molecule has 1 unspecified atom stereocenters. The van der Waals surface area contributed by atoms with E-state index in [0.29, 0.717) is 6.04 Å². The van der Waals surface area contributed by atoms with E-state index in [1.165, 1.54) is 18.4 Å². The molecule has 18 heavy (non-hydrogen) atoms. The number of nitrogens with two attached hydrogens (primary N) is 1. The monoisotopic (exact) mass is 247 g/mol. The first-order valence-corrected chi connectivity index (χ1v) is 7.03. The minimum absolute atomic E-state index is 0.199. The minimum Gasteiger partial charge on any atom is -0.354 e. The summed E-state index contributed by atoms with van der Waals surface area (Å²) < 4.78 is 0. The Bertz CT molecular complexity index is 366. The second-order valence-electron chi connectivity index (χ2n) is 5.90. The molecule has 0 aromatic carbocycles. The smallest absolute Gasteiger partial charge is 0.128 e. The van der Waals surface area contributed by atoms with Crippen LogP contribution in [-0.4, -0.2) is 23.6 Å². The maximum atomic E-state index is 5.81. The molecular formula is C15H25N3. The largest absolute Gasteiger partial charge is 0.354 e. The molecule has 0 saturated heterocycles. The summed E-state index contributed by atoms with van der Waals surface area (Å²) in [5, 5.41) is 0. The molecule has 0 aliphatic heterocycles. The summed E-state index contributed by atoms with van der Waals surface area (Å²) in [5.74, 6) is 1.99. The van der Waals surface area contributed by atoms with E-state index in [-0.39, 0.29) is 6.04 Å². The van der Waals surface area contributed by atoms with Gasteiger partial charge in [-0.2, -0.15) is 0 Å². The Morgan fingerprint density at radius 2 is 2.06 bits per heavy atom. The molecule has 1 aromatic heterocycles. The summed E-state index contributed by atoms with van der Waals surface area (Å²) in [5.41, 5.74) is 7.03. The molecule has 1 aliphatic rings. The summed E-state index contributed by atoms with van der Waals surface area (Å²) in [4.78, 5) is 7.01. The van der Waals surface area contributed by atoms with Crippen molar-refractivity contribution in [3.63, 3.8) is 0 Å². The number of anilines is 1. The van der Waals surface area contributed by atoms with Crippen molar-refractivity contribution in [3.8, 4) is 0 Å². The lowest BCUT2D eigenvalue weighted by molar-refractivity contribution is 0.636. The second-order valence-corrected chi connectivity index (χ2v) is 5.90. The van der Waals surface area contributed by atoms with Gasteiger partial charge in [0.2, 0.25) is 0 Å². The highest BCUT2D eigenvalue weighted by Gasteiger charge is 2.26.